The molecule has 0 radical (unpaired) electrons. The molecule has 1 aromatic carbocycles. The van der Waals surface area contributed by atoms with E-state index in [0.29, 0.717) is 5.69 Å². The van der Waals surface area contributed by atoms with Crippen LogP contribution in [0.25, 0.3) is 16.8 Å². The average molecular weight is 282 g/mol. The number of aromatic nitrogens is 2. The fourth-order valence-corrected chi connectivity index (χ4v) is 2.27. The molecule has 0 fully saturated rings. The first kappa shape index (κ1) is 13.2. The molecule has 3 aromatic rings. The Hall–Kier alpha value is -2.82. The van der Waals surface area contributed by atoms with Gasteiger partial charge in [0.15, 0.2) is 5.69 Å². The van der Waals surface area contributed by atoms with Crippen molar-refractivity contribution in [2.75, 3.05) is 14.2 Å². The predicted molar refractivity (Wildman–Crippen MR) is 78.5 cm³/mol. The van der Waals surface area contributed by atoms with Crippen LogP contribution in [-0.2, 0) is 4.74 Å². The molecule has 0 unspecified atom stereocenters. The first-order valence-electron chi connectivity index (χ1n) is 6.43. The van der Waals surface area contributed by atoms with Crippen molar-refractivity contribution in [1.82, 2.24) is 9.38 Å². The van der Waals surface area contributed by atoms with Crippen LogP contribution in [0.3, 0.4) is 0 Å². The Bertz CT molecular complexity index is 791. The molecule has 0 saturated carbocycles. The summed E-state index contributed by atoms with van der Waals surface area (Å²) < 4.78 is 11.8. The fraction of sp³-hybridized carbons (Fsp3) is 0.125. The normalized spacial score (nSPS) is 10.6. The summed E-state index contributed by atoms with van der Waals surface area (Å²) in [6.07, 6.45) is 3.56. The highest BCUT2D eigenvalue weighted by atomic mass is 16.5. The van der Waals surface area contributed by atoms with Crippen LogP contribution in [0.1, 0.15) is 10.5 Å². The number of ether oxygens (including phenoxy) is 2. The Balaban J connectivity index is 2.15. The molecular weight excluding hydrogens is 268 g/mol. The minimum Gasteiger partial charge on any atom is -0.497 e. The van der Waals surface area contributed by atoms with Crippen molar-refractivity contribution >= 4 is 11.5 Å². The zero-order chi connectivity index (χ0) is 14.8. The van der Waals surface area contributed by atoms with Gasteiger partial charge in [-0.25, -0.2) is 9.78 Å². The van der Waals surface area contributed by atoms with E-state index in [1.54, 1.807) is 13.3 Å². The highest BCUT2D eigenvalue weighted by Crippen LogP contribution is 2.24. The maximum atomic E-state index is 11.7. The van der Waals surface area contributed by atoms with Crippen molar-refractivity contribution in [3.05, 3.63) is 54.5 Å². The summed E-state index contributed by atoms with van der Waals surface area (Å²) in [6, 6.07) is 11.4. The largest absolute Gasteiger partial charge is 0.497 e. The van der Waals surface area contributed by atoms with E-state index in [4.69, 9.17) is 9.47 Å². The number of nitrogens with zero attached hydrogens (tertiary/aromatic N) is 2. The van der Waals surface area contributed by atoms with Gasteiger partial charge in [-0.3, -0.25) is 0 Å². The third-order valence-corrected chi connectivity index (χ3v) is 3.33. The molecule has 106 valence electrons. The molecule has 5 nitrogen and oxygen atoms in total. The van der Waals surface area contributed by atoms with E-state index in [0.717, 1.165) is 22.5 Å². The van der Waals surface area contributed by atoms with E-state index >= 15 is 0 Å². The molecule has 0 atom stereocenters. The number of methoxy groups -OCH3 is 2. The van der Waals surface area contributed by atoms with Gasteiger partial charge in [0.25, 0.3) is 0 Å². The summed E-state index contributed by atoms with van der Waals surface area (Å²) in [5.74, 6) is 0.349. The number of hydrogen-bond acceptors (Lipinski definition) is 4. The van der Waals surface area contributed by atoms with Crippen LogP contribution < -0.4 is 4.74 Å². The second-order valence-electron chi connectivity index (χ2n) is 4.48. The Morgan fingerprint density at radius 2 is 1.90 bits per heavy atom. The fourth-order valence-electron chi connectivity index (χ4n) is 2.27. The molecule has 2 heterocycles. The van der Waals surface area contributed by atoms with Crippen LogP contribution in [0.5, 0.6) is 5.75 Å². The minimum atomic E-state index is -0.444. The second kappa shape index (κ2) is 5.28. The lowest BCUT2D eigenvalue weighted by molar-refractivity contribution is 0.0596. The van der Waals surface area contributed by atoms with Crippen molar-refractivity contribution in [3.63, 3.8) is 0 Å². The summed E-state index contributed by atoms with van der Waals surface area (Å²) in [4.78, 5) is 16.0. The molecule has 21 heavy (non-hydrogen) atoms. The smallest absolute Gasteiger partial charge is 0.358 e. The minimum absolute atomic E-state index is 0.305. The summed E-state index contributed by atoms with van der Waals surface area (Å²) in [5, 5.41) is 0. The number of fused-ring (bicyclic) bond motifs is 1. The van der Waals surface area contributed by atoms with Gasteiger partial charge in [0.2, 0.25) is 0 Å². The predicted octanol–water partition coefficient (Wildman–Crippen LogP) is 2.80. The number of carbonyl (C=O) groups is 1. The van der Waals surface area contributed by atoms with Crippen molar-refractivity contribution in [3.8, 4) is 17.0 Å². The topological polar surface area (TPSA) is 52.8 Å². The van der Waals surface area contributed by atoms with Crippen molar-refractivity contribution in [2.24, 2.45) is 0 Å². The zero-order valence-corrected chi connectivity index (χ0v) is 11.7. The first-order valence-corrected chi connectivity index (χ1v) is 6.43. The number of benzene rings is 1. The van der Waals surface area contributed by atoms with Gasteiger partial charge in [0, 0.05) is 11.8 Å². The van der Waals surface area contributed by atoms with Gasteiger partial charge in [-0.15, -0.1) is 0 Å². The third kappa shape index (κ3) is 2.23. The van der Waals surface area contributed by atoms with Crippen molar-refractivity contribution in [2.45, 2.75) is 0 Å². The van der Waals surface area contributed by atoms with Crippen molar-refractivity contribution < 1.29 is 14.3 Å². The number of hydrogen-bond donors (Lipinski definition) is 0. The van der Waals surface area contributed by atoms with E-state index in [9.17, 15) is 4.79 Å². The van der Waals surface area contributed by atoms with Gasteiger partial charge < -0.3 is 13.9 Å². The third-order valence-electron chi connectivity index (χ3n) is 3.33. The Morgan fingerprint density at radius 3 is 2.57 bits per heavy atom. The molecule has 2 aromatic heterocycles. The molecule has 0 aliphatic carbocycles. The van der Waals surface area contributed by atoms with E-state index in [2.05, 4.69) is 4.98 Å². The Morgan fingerprint density at radius 1 is 1.14 bits per heavy atom. The molecule has 5 heteroatoms. The van der Waals surface area contributed by atoms with Gasteiger partial charge in [0.1, 0.15) is 5.75 Å². The van der Waals surface area contributed by atoms with Crippen LogP contribution in [0.15, 0.2) is 48.8 Å². The number of esters is 1. The lowest BCUT2D eigenvalue weighted by Crippen LogP contribution is -2.07. The van der Waals surface area contributed by atoms with Crippen LogP contribution >= 0.6 is 0 Å². The Labute approximate surface area is 121 Å². The maximum absolute atomic E-state index is 11.7. The Kier molecular flexibility index (Phi) is 3.31. The van der Waals surface area contributed by atoms with Crippen LogP contribution in [0, 0.1) is 0 Å². The molecule has 3 rings (SSSR count). The monoisotopic (exact) mass is 282 g/mol. The standard InChI is InChI=1S/C16H14N2O3/c1-20-12-7-5-11(6-8-12)14-10-17-15(16(19)21-2)13-4-3-9-18(13)14/h3-10H,1-2H3. The molecule has 0 bridgehead atoms. The molecule has 0 N–H and O–H groups in total. The van der Waals surface area contributed by atoms with Crippen LogP contribution in [0.4, 0.5) is 0 Å². The second-order valence-corrected chi connectivity index (χ2v) is 4.48. The van der Waals surface area contributed by atoms with Crippen LogP contribution in [-0.4, -0.2) is 29.6 Å². The SMILES string of the molecule is COC(=O)c1ncc(-c2ccc(OC)cc2)n2cccc12. The summed E-state index contributed by atoms with van der Waals surface area (Å²) in [5.41, 5.74) is 2.90. The summed E-state index contributed by atoms with van der Waals surface area (Å²) in [6.45, 7) is 0. The molecule has 0 aliphatic rings. The molecule has 0 amide bonds. The summed E-state index contributed by atoms with van der Waals surface area (Å²) >= 11 is 0. The number of carbonyl (C=O) groups excluding carboxylic acids is 1. The van der Waals surface area contributed by atoms with Gasteiger partial charge in [-0.1, -0.05) is 0 Å². The van der Waals surface area contributed by atoms with Gasteiger partial charge in [0.05, 0.1) is 31.6 Å². The van der Waals surface area contributed by atoms with Crippen LogP contribution in [0.2, 0.25) is 0 Å². The van der Waals surface area contributed by atoms with Gasteiger partial charge >= 0.3 is 5.97 Å². The molecular formula is C16H14N2O3. The van der Waals surface area contributed by atoms with E-state index in [1.807, 2.05) is 47.0 Å². The number of rotatable bonds is 3. The first-order chi connectivity index (χ1) is 10.2. The van der Waals surface area contributed by atoms with Crippen molar-refractivity contribution in [1.29, 1.82) is 0 Å². The lowest BCUT2D eigenvalue weighted by Gasteiger charge is -2.09. The van der Waals surface area contributed by atoms with E-state index < -0.39 is 5.97 Å². The summed E-state index contributed by atoms with van der Waals surface area (Å²) in [7, 11) is 2.98. The average Bonchev–Trinajstić information content (AvgIpc) is 3.03. The van der Waals surface area contributed by atoms with Gasteiger partial charge in [-0.2, -0.15) is 0 Å². The molecule has 0 aliphatic heterocycles. The highest BCUT2D eigenvalue weighted by molar-refractivity contribution is 5.95. The maximum Gasteiger partial charge on any atom is 0.358 e. The highest BCUT2D eigenvalue weighted by Gasteiger charge is 2.15. The zero-order valence-electron chi connectivity index (χ0n) is 11.7. The quantitative estimate of drug-likeness (QED) is 0.693. The molecule has 0 saturated heterocycles. The lowest BCUT2D eigenvalue weighted by atomic mass is 10.1. The van der Waals surface area contributed by atoms with E-state index in [1.165, 1.54) is 7.11 Å². The van der Waals surface area contributed by atoms with Gasteiger partial charge in [-0.05, 0) is 36.4 Å². The van der Waals surface area contributed by atoms with E-state index in [-0.39, 0.29) is 0 Å². The molecule has 0 spiro atoms.